The molecule has 1 rings (SSSR count). The van der Waals surface area contributed by atoms with Gasteiger partial charge >= 0.3 is 21.0 Å². The molecule has 0 unspecified atom stereocenters. The standard InChI is InChI=1S/C7H4Cl2N2O6S/c8-4-2-1-3-5(11(13)14)6(4)17-7(12)10-18(9,15)16/h1-3H,(H,10,12). The highest BCUT2D eigenvalue weighted by Crippen LogP contribution is 2.34. The van der Waals surface area contributed by atoms with Gasteiger partial charge in [0.1, 0.15) is 0 Å². The molecule has 8 nitrogen and oxygen atoms in total. The topological polar surface area (TPSA) is 116 Å². The third-order valence-electron chi connectivity index (χ3n) is 1.54. The molecule has 98 valence electrons. The highest BCUT2D eigenvalue weighted by atomic mass is 35.7. The number of amides is 1. The van der Waals surface area contributed by atoms with Gasteiger partial charge in [0.05, 0.1) is 9.95 Å². The molecule has 0 heterocycles. The monoisotopic (exact) mass is 314 g/mol. The summed E-state index contributed by atoms with van der Waals surface area (Å²) in [5.41, 5.74) is -0.593. The third kappa shape index (κ3) is 4.02. The van der Waals surface area contributed by atoms with E-state index in [0.717, 1.165) is 6.07 Å². The highest BCUT2D eigenvalue weighted by Gasteiger charge is 2.22. The first-order valence-corrected chi connectivity index (χ1v) is 6.76. The van der Waals surface area contributed by atoms with Crippen LogP contribution in [0.5, 0.6) is 5.75 Å². The SMILES string of the molecule is O=C(NS(=O)(=O)Cl)Oc1c(Cl)cccc1[N+](=O)[O-]. The van der Waals surface area contributed by atoms with Crippen molar-refractivity contribution in [1.29, 1.82) is 0 Å². The molecule has 0 radical (unpaired) electrons. The molecule has 0 saturated heterocycles. The molecule has 18 heavy (non-hydrogen) atoms. The number of para-hydroxylation sites is 1. The molecule has 1 N–H and O–H groups in total. The first kappa shape index (κ1) is 14.5. The number of nitrogens with zero attached hydrogens (tertiary/aromatic N) is 1. The van der Waals surface area contributed by atoms with Gasteiger partial charge in [0.15, 0.2) is 0 Å². The number of halogens is 2. The number of hydrogen-bond donors (Lipinski definition) is 1. The van der Waals surface area contributed by atoms with Gasteiger partial charge in [-0.05, 0) is 6.07 Å². The summed E-state index contributed by atoms with van der Waals surface area (Å²) < 4.78 is 26.7. The molecule has 0 aliphatic heterocycles. The van der Waals surface area contributed by atoms with Crippen LogP contribution in [0.4, 0.5) is 10.5 Å². The highest BCUT2D eigenvalue weighted by molar-refractivity contribution is 8.12. The van der Waals surface area contributed by atoms with Crippen molar-refractivity contribution >= 4 is 43.3 Å². The Bertz CT molecular complexity index is 602. The van der Waals surface area contributed by atoms with Crippen molar-refractivity contribution in [2.24, 2.45) is 0 Å². The minimum Gasteiger partial charge on any atom is -0.401 e. The fraction of sp³-hybridized carbons (Fsp3) is 0. The van der Waals surface area contributed by atoms with E-state index in [2.05, 4.69) is 4.74 Å². The van der Waals surface area contributed by atoms with Crippen LogP contribution in [0.2, 0.25) is 5.02 Å². The molecule has 0 spiro atoms. The maximum Gasteiger partial charge on any atom is 0.427 e. The number of carbonyl (C=O) groups excluding carboxylic acids is 1. The van der Waals surface area contributed by atoms with Gasteiger partial charge in [-0.1, -0.05) is 17.7 Å². The number of benzene rings is 1. The lowest BCUT2D eigenvalue weighted by molar-refractivity contribution is -0.385. The molecule has 0 aliphatic rings. The zero-order chi connectivity index (χ0) is 13.9. The van der Waals surface area contributed by atoms with Gasteiger partial charge in [-0.2, -0.15) is 8.42 Å². The van der Waals surface area contributed by atoms with Gasteiger partial charge in [-0.15, -0.1) is 0 Å². The van der Waals surface area contributed by atoms with Gasteiger partial charge in [0, 0.05) is 16.7 Å². The average Bonchev–Trinajstić information content (AvgIpc) is 2.17. The van der Waals surface area contributed by atoms with Crippen molar-refractivity contribution in [3.05, 3.63) is 33.3 Å². The van der Waals surface area contributed by atoms with Crippen molar-refractivity contribution in [2.45, 2.75) is 0 Å². The Kier molecular flexibility index (Phi) is 4.33. The van der Waals surface area contributed by atoms with Crippen LogP contribution in [0.25, 0.3) is 0 Å². The molecule has 0 saturated carbocycles. The Hall–Kier alpha value is -1.58. The first-order valence-electron chi connectivity index (χ1n) is 4.08. The van der Waals surface area contributed by atoms with Gasteiger partial charge < -0.3 is 4.74 Å². The fourth-order valence-corrected chi connectivity index (χ4v) is 1.59. The second-order valence-electron chi connectivity index (χ2n) is 2.77. The molecule has 0 fully saturated rings. The quantitative estimate of drug-likeness (QED) is 0.517. The summed E-state index contributed by atoms with van der Waals surface area (Å²) in [6, 6.07) is 3.53. The predicted molar refractivity (Wildman–Crippen MR) is 62.0 cm³/mol. The molecule has 0 aliphatic carbocycles. The van der Waals surface area contributed by atoms with E-state index in [4.69, 9.17) is 22.3 Å². The minimum absolute atomic E-state index is 0.230. The van der Waals surface area contributed by atoms with Crippen molar-refractivity contribution in [2.75, 3.05) is 0 Å². The average molecular weight is 315 g/mol. The molecule has 1 aromatic carbocycles. The number of ether oxygens (including phenoxy) is 1. The van der Waals surface area contributed by atoms with Gasteiger partial charge in [-0.25, -0.2) is 9.52 Å². The summed E-state index contributed by atoms with van der Waals surface area (Å²) in [5.74, 6) is -0.581. The van der Waals surface area contributed by atoms with E-state index < -0.39 is 31.7 Å². The molecular formula is C7H4Cl2N2O6S. The number of rotatable bonds is 3. The van der Waals surface area contributed by atoms with Crippen molar-refractivity contribution in [3.63, 3.8) is 0 Å². The van der Waals surface area contributed by atoms with E-state index in [9.17, 15) is 23.3 Å². The number of carbonyl (C=O) groups is 1. The summed E-state index contributed by atoms with van der Waals surface area (Å²) in [6.45, 7) is 0. The maximum atomic E-state index is 11.1. The minimum atomic E-state index is -4.35. The second-order valence-corrected chi connectivity index (χ2v) is 5.48. The van der Waals surface area contributed by atoms with Crippen LogP contribution >= 0.6 is 22.3 Å². The number of hydrogen-bond acceptors (Lipinski definition) is 6. The lowest BCUT2D eigenvalue weighted by Crippen LogP contribution is -2.29. The molecule has 1 amide bonds. The van der Waals surface area contributed by atoms with Gasteiger partial charge in [0.2, 0.25) is 5.75 Å². The Morgan fingerprint density at radius 3 is 2.56 bits per heavy atom. The summed E-state index contributed by atoms with van der Waals surface area (Å²) in [5, 5.41) is 10.4. The van der Waals surface area contributed by atoms with Crippen LogP contribution in [0.3, 0.4) is 0 Å². The molecule has 11 heteroatoms. The molecule has 0 bridgehead atoms. The Morgan fingerprint density at radius 1 is 1.44 bits per heavy atom. The van der Waals surface area contributed by atoms with Crippen LogP contribution in [0, 0.1) is 10.1 Å². The summed E-state index contributed by atoms with van der Waals surface area (Å²) in [6.07, 6.45) is -1.51. The van der Waals surface area contributed by atoms with Crippen molar-refractivity contribution < 1.29 is 22.9 Å². The Morgan fingerprint density at radius 2 is 2.06 bits per heavy atom. The smallest absolute Gasteiger partial charge is 0.401 e. The van der Waals surface area contributed by atoms with E-state index in [0.29, 0.717) is 0 Å². The van der Waals surface area contributed by atoms with Crippen LogP contribution in [-0.4, -0.2) is 19.4 Å². The van der Waals surface area contributed by atoms with Crippen LogP contribution in [0.1, 0.15) is 0 Å². The third-order valence-corrected chi connectivity index (χ3v) is 2.48. The van der Waals surface area contributed by atoms with Gasteiger partial charge in [-0.3, -0.25) is 10.1 Å². The van der Waals surface area contributed by atoms with Crippen molar-refractivity contribution in [3.8, 4) is 5.75 Å². The van der Waals surface area contributed by atoms with E-state index in [1.165, 1.54) is 16.9 Å². The number of nitro benzene ring substituents is 1. The lowest BCUT2D eigenvalue weighted by Gasteiger charge is -2.06. The van der Waals surface area contributed by atoms with E-state index in [1.54, 1.807) is 0 Å². The predicted octanol–water partition coefficient (Wildman–Crippen LogP) is 1.82. The van der Waals surface area contributed by atoms with E-state index in [1.807, 2.05) is 0 Å². The number of nitro groups is 1. The molecule has 0 atom stereocenters. The van der Waals surface area contributed by atoms with Crippen molar-refractivity contribution in [1.82, 2.24) is 4.72 Å². The van der Waals surface area contributed by atoms with Gasteiger partial charge in [0.25, 0.3) is 0 Å². The fourth-order valence-electron chi connectivity index (χ4n) is 0.955. The zero-order valence-corrected chi connectivity index (χ0v) is 10.6. The van der Waals surface area contributed by atoms with Crippen LogP contribution < -0.4 is 9.46 Å². The molecule has 1 aromatic rings. The Labute approximate surface area is 110 Å². The second kappa shape index (κ2) is 5.38. The largest absolute Gasteiger partial charge is 0.427 e. The lowest BCUT2D eigenvalue weighted by atomic mass is 10.3. The van der Waals surface area contributed by atoms with E-state index >= 15 is 0 Å². The summed E-state index contributed by atoms with van der Waals surface area (Å²) >= 11 is 5.60. The Balaban J connectivity index is 3.04. The summed E-state index contributed by atoms with van der Waals surface area (Å²) in [7, 11) is 0.375. The molecule has 0 aromatic heterocycles. The van der Waals surface area contributed by atoms with E-state index in [-0.39, 0.29) is 5.02 Å². The maximum absolute atomic E-state index is 11.1. The van der Waals surface area contributed by atoms with Crippen LogP contribution in [-0.2, 0) is 9.24 Å². The normalized spacial score (nSPS) is 10.8. The summed E-state index contributed by atoms with van der Waals surface area (Å²) in [4.78, 5) is 20.9. The first-order chi connectivity index (χ1) is 8.20. The zero-order valence-electron chi connectivity index (χ0n) is 8.29. The molecular weight excluding hydrogens is 311 g/mol. The van der Waals surface area contributed by atoms with Crippen LogP contribution in [0.15, 0.2) is 18.2 Å². The number of nitrogens with one attached hydrogen (secondary N) is 1.